The molecule has 0 bridgehead atoms. The Kier molecular flexibility index (Phi) is 5.47. The molecule has 5 heteroatoms. The largest absolute Gasteiger partial charge is 0.313 e. The van der Waals surface area contributed by atoms with Crippen molar-refractivity contribution in [2.45, 2.75) is 43.5 Å². The normalized spacial score (nSPS) is 18.3. The SMILES string of the molecule is CCNC(CS(=O)(=O)c1ccccc1Cl)C1CCCC1. The Hall–Kier alpha value is -0.580. The van der Waals surface area contributed by atoms with E-state index < -0.39 is 9.84 Å². The van der Waals surface area contributed by atoms with Crippen LogP contribution in [0.5, 0.6) is 0 Å². The fourth-order valence-corrected chi connectivity index (χ4v) is 5.19. The molecule has 112 valence electrons. The Bertz CT molecular complexity index is 539. The summed E-state index contributed by atoms with van der Waals surface area (Å²) in [5, 5.41) is 3.66. The highest BCUT2D eigenvalue weighted by Crippen LogP contribution is 2.30. The van der Waals surface area contributed by atoms with E-state index in [1.807, 2.05) is 6.92 Å². The molecule has 1 aliphatic rings. The molecular weight excluding hydrogens is 294 g/mol. The lowest BCUT2D eigenvalue weighted by Gasteiger charge is -2.24. The van der Waals surface area contributed by atoms with Crippen LogP contribution in [0.25, 0.3) is 0 Å². The molecule has 2 rings (SSSR count). The van der Waals surface area contributed by atoms with Crippen molar-refractivity contribution in [1.82, 2.24) is 5.32 Å². The van der Waals surface area contributed by atoms with Crippen LogP contribution in [-0.2, 0) is 9.84 Å². The van der Waals surface area contributed by atoms with Crippen LogP contribution in [0.3, 0.4) is 0 Å². The first-order valence-corrected chi connectivity index (χ1v) is 9.28. The Morgan fingerprint density at radius 2 is 1.95 bits per heavy atom. The molecule has 1 aliphatic carbocycles. The van der Waals surface area contributed by atoms with Crippen molar-refractivity contribution in [3.8, 4) is 0 Å². The number of nitrogens with one attached hydrogen (secondary N) is 1. The number of rotatable bonds is 6. The Balaban J connectivity index is 2.18. The Labute approximate surface area is 126 Å². The molecule has 0 aliphatic heterocycles. The summed E-state index contributed by atoms with van der Waals surface area (Å²) in [6.45, 7) is 2.81. The highest BCUT2D eigenvalue weighted by Gasteiger charge is 2.30. The highest BCUT2D eigenvalue weighted by atomic mass is 35.5. The minimum Gasteiger partial charge on any atom is -0.313 e. The van der Waals surface area contributed by atoms with Gasteiger partial charge in [0.25, 0.3) is 0 Å². The van der Waals surface area contributed by atoms with Gasteiger partial charge in [0.2, 0.25) is 0 Å². The van der Waals surface area contributed by atoms with Crippen LogP contribution >= 0.6 is 11.6 Å². The summed E-state index contributed by atoms with van der Waals surface area (Å²) < 4.78 is 25.1. The quantitative estimate of drug-likeness (QED) is 0.876. The van der Waals surface area contributed by atoms with Gasteiger partial charge in [-0.15, -0.1) is 0 Å². The van der Waals surface area contributed by atoms with E-state index in [0.29, 0.717) is 10.9 Å². The fourth-order valence-electron chi connectivity index (χ4n) is 3.01. The highest BCUT2D eigenvalue weighted by molar-refractivity contribution is 7.91. The lowest BCUT2D eigenvalue weighted by molar-refractivity contribution is 0.389. The minimum absolute atomic E-state index is 0.0313. The van der Waals surface area contributed by atoms with Crippen LogP contribution in [0.15, 0.2) is 29.2 Å². The molecule has 1 aromatic rings. The average molecular weight is 316 g/mol. The van der Waals surface area contributed by atoms with Gasteiger partial charge in [-0.25, -0.2) is 8.42 Å². The standard InChI is InChI=1S/C15H22ClNO2S/c1-2-17-14(12-7-3-4-8-12)11-20(18,19)15-10-6-5-9-13(15)16/h5-6,9-10,12,14,17H,2-4,7-8,11H2,1H3. The third-order valence-corrected chi connectivity index (χ3v) is 6.27. The van der Waals surface area contributed by atoms with Crippen LogP contribution in [0, 0.1) is 5.92 Å². The molecule has 3 nitrogen and oxygen atoms in total. The van der Waals surface area contributed by atoms with Crippen molar-refractivity contribution in [2.75, 3.05) is 12.3 Å². The van der Waals surface area contributed by atoms with Crippen LogP contribution < -0.4 is 5.32 Å². The van der Waals surface area contributed by atoms with Gasteiger partial charge in [-0.2, -0.15) is 0 Å². The smallest absolute Gasteiger partial charge is 0.181 e. The van der Waals surface area contributed by atoms with E-state index in [4.69, 9.17) is 11.6 Å². The van der Waals surface area contributed by atoms with Crippen molar-refractivity contribution >= 4 is 21.4 Å². The van der Waals surface area contributed by atoms with Gasteiger partial charge in [-0.1, -0.05) is 43.5 Å². The number of halogens is 1. The molecule has 20 heavy (non-hydrogen) atoms. The first-order chi connectivity index (χ1) is 9.54. The summed E-state index contributed by atoms with van der Waals surface area (Å²) in [7, 11) is -3.34. The van der Waals surface area contributed by atoms with Crippen molar-refractivity contribution in [3.05, 3.63) is 29.3 Å². The summed E-state index contributed by atoms with van der Waals surface area (Å²) in [5.41, 5.74) is 0. The van der Waals surface area contributed by atoms with Crippen molar-refractivity contribution in [3.63, 3.8) is 0 Å². The second-order valence-electron chi connectivity index (χ2n) is 5.42. The summed E-state index contributed by atoms with van der Waals surface area (Å²) in [5.74, 6) is 0.599. The third-order valence-electron chi connectivity index (χ3n) is 4.01. The molecule has 0 amide bonds. The zero-order chi connectivity index (χ0) is 14.6. The van der Waals surface area contributed by atoms with E-state index in [-0.39, 0.29) is 16.7 Å². The average Bonchev–Trinajstić information content (AvgIpc) is 2.92. The van der Waals surface area contributed by atoms with Gasteiger partial charge in [0.15, 0.2) is 9.84 Å². The predicted molar refractivity (Wildman–Crippen MR) is 82.9 cm³/mol. The molecule has 0 saturated heterocycles. The molecule has 1 fully saturated rings. The van der Waals surface area contributed by atoms with Crippen LogP contribution in [0.1, 0.15) is 32.6 Å². The Morgan fingerprint density at radius 1 is 1.30 bits per heavy atom. The molecule has 0 spiro atoms. The zero-order valence-electron chi connectivity index (χ0n) is 11.8. The molecule has 1 N–H and O–H groups in total. The van der Waals surface area contributed by atoms with Gasteiger partial charge in [0.1, 0.15) is 0 Å². The first-order valence-electron chi connectivity index (χ1n) is 7.25. The van der Waals surface area contributed by atoms with Crippen molar-refractivity contribution in [1.29, 1.82) is 0 Å². The van der Waals surface area contributed by atoms with Gasteiger partial charge in [0, 0.05) is 6.04 Å². The van der Waals surface area contributed by atoms with E-state index in [2.05, 4.69) is 5.32 Å². The van der Waals surface area contributed by atoms with E-state index >= 15 is 0 Å². The summed E-state index contributed by atoms with van der Waals surface area (Å²) >= 11 is 6.03. The summed E-state index contributed by atoms with van der Waals surface area (Å²) in [6, 6.07) is 6.72. The van der Waals surface area contributed by atoms with E-state index in [9.17, 15) is 8.42 Å². The monoisotopic (exact) mass is 315 g/mol. The van der Waals surface area contributed by atoms with Gasteiger partial charge >= 0.3 is 0 Å². The van der Waals surface area contributed by atoms with Gasteiger partial charge in [-0.3, -0.25) is 0 Å². The maximum absolute atomic E-state index is 12.6. The third kappa shape index (κ3) is 3.74. The van der Waals surface area contributed by atoms with Crippen LogP contribution in [0.4, 0.5) is 0 Å². The number of benzene rings is 1. The first kappa shape index (κ1) is 15.8. The maximum atomic E-state index is 12.6. The van der Waals surface area contributed by atoms with Crippen LogP contribution in [-0.4, -0.2) is 26.8 Å². The molecule has 0 aromatic heterocycles. The fraction of sp³-hybridized carbons (Fsp3) is 0.600. The van der Waals surface area contributed by atoms with E-state index in [1.54, 1.807) is 24.3 Å². The lowest BCUT2D eigenvalue weighted by atomic mass is 10.00. The lowest BCUT2D eigenvalue weighted by Crippen LogP contribution is -2.40. The van der Waals surface area contributed by atoms with Gasteiger partial charge in [0.05, 0.1) is 15.7 Å². The maximum Gasteiger partial charge on any atom is 0.181 e. The second-order valence-corrected chi connectivity index (χ2v) is 7.83. The molecule has 1 aromatic carbocycles. The molecule has 0 heterocycles. The minimum atomic E-state index is -3.34. The van der Waals surface area contributed by atoms with Gasteiger partial charge < -0.3 is 5.32 Å². The predicted octanol–water partition coefficient (Wildman–Crippen LogP) is 3.28. The van der Waals surface area contributed by atoms with E-state index in [0.717, 1.165) is 19.4 Å². The van der Waals surface area contributed by atoms with E-state index in [1.165, 1.54) is 12.8 Å². The molecular formula is C15H22ClNO2S. The molecule has 0 radical (unpaired) electrons. The van der Waals surface area contributed by atoms with Crippen LogP contribution in [0.2, 0.25) is 5.02 Å². The molecule has 1 saturated carbocycles. The van der Waals surface area contributed by atoms with Gasteiger partial charge in [-0.05, 0) is 37.4 Å². The topological polar surface area (TPSA) is 46.2 Å². The van der Waals surface area contributed by atoms with Crippen molar-refractivity contribution < 1.29 is 8.42 Å². The molecule has 1 unspecified atom stereocenters. The number of hydrogen-bond acceptors (Lipinski definition) is 3. The zero-order valence-corrected chi connectivity index (χ0v) is 13.4. The second kappa shape index (κ2) is 6.92. The summed E-state index contributed by atoms with van der Waals surface area (Å²) in [6.07, 6.45) is 4.66. The molecule has 1 atom stereocenters. The Morgan fingerprint density at radius 3 is 2.55 bits per heavy atom. The van der Waals surface area contributed by atoms with Crippen molar-refractivity contribution in [2.24, 2.45) is 5.92 Å². The number of sulfone groups is 1. The number of hydrogen-bond donors (Lipinski definition) is 1. The summed E-state index contributed by atoms with van der Waals surface area (Å²) in [4.78, 5) is 0.252.